The molecule has 0 bridgehead atoms. The number of primary sulfonamides is 1. The third-order valence-corrected chi connectivity index (χ3v) is 4.65. The predicted octanol–water partition coefficient (Wildman–Crippen LogP) is -0.481. The summed E-state index contributed by atoms with van der Waals surface area (Å²) in [6, 6.07) is 6.20. The number of amides is 2. The van der Waals surface area contributed by atoms with Crippen molar-refractivity contribution >= 4 is 21.8 Å². The van der Waals surface area contributed by atoms with Gasteiger partial charge in [0.1, 0.15) is 0 Å². The van der Waals surface area contributed by atoms with Gasteiger partial charge >= 0.3 is 0 Å². The van der Waals surface area contributed by atoms with Gasteiger partial charge in [0.15, 0.2) is 0 Å². The number of carbonyl (C=O) groups excluding carboxylic acids is 2. The lowest BCUT2D eigenvalue weighted by molar-refractivity contribution is -0.131. The van der Waals surface area contributed by atoms with Crippen molar-refractivity contribution in [1.82, 2.24) is 10.6 Å². The number of nitrogens with one attached hydrogen (secondary N) is 2. The van der Waals surface area contributed by atoms with Crippen LogP contribution in [0, 0.1) is 5.41 Å². The third kappa shape index (κ3) is 3.83. The molecule has 1 saturated heterocycles. The van der Waals surface area contributed by atoms with Crippen molar-refractivity contribution in [3.63, 3.8) is 0 Å². The van der Waals surface area contributed by atoms with Crippen molar-refractivity contribution in [2.45, 2.75) is 24.7 Å². The molecule has 2 amide bonds. The summed E-state index contributed by atoms with van der Waals surface area (Å²) in [4.78, 5) is 23.4. The van der Waals surface area contributed by atoms with E-state index in [-0.39, 0.29) is 23.1 Å². The second-order valence-corrected chi connectivity index (χ2v) is 7.27. The van der Waals surface area contributed by atoms with Crippen molar-refractivity contribution < 1.29 is 18.0 Å². The average molecular weight is 325 g/mol. The number of hydrogen-bond acceptors (Lipinski definition) is 4. The van der Waals surface area contributed by atoms with Crippen LogP contribution in [0.2, 0.25) is 0 Å². The van der Waals surface area contributed by atoms with E-state index in [0.717, 1.165) is 5.56 Å². The Morgan fingerprint density at radius 1 is 1.36 bits per heavy atom. The fourth-order valence-corrected chi connectivity index (χ4v) is 2.83. The number of carbonyl (C=O) groups is 2. The minimum Gasteiger partial charge on any atom is -0.355 e. The summed E-state index contributed by atoms with van der Waals surface area (Å²) in [6.45, 7) is 2.51. The van der Waals surface area contributed by atoms with Gasteiger partial charge in [-0.2, -0.15) is 0 Å². The highest BCUT2D eigenvalue weighted by Crippen LogP contribution is 2.25. The Balaban J connectivity index is 1.86. The Kier molecular flexibility index (Phi) is 4.52. The highest BCUT2D eigenvalue weighted by molar-refractivity contribution is 7.89. The summed E-state index contributed by atoms with van der Waals surface area (Å²) in [5.74, 6) is -0.275. The summed E-state index contributed by atoms with van der Waals surface area (Å²) in [7, 11) is -3.69. The molecular formula is C14H19N3O4S. The van der Waals surface area contributed by atoms with Crippen molar-refractivity contribution in [3.8, 4) is 0 Å². The summed E-state index contributed by atoms with van der Waals surface area (Å²) < 4.78 is 22.3. The molecule has 1 atom stereocenters. The third-order valence-electron chi connectivity index (χ3n) is 3.73. The fourth-order valence-electron chi connectivity index (χ4n) is 2.31. The van der Waals surface area contributed by atoms with Crippen LogP contribution < -0.4 is 15.8 Å². The molecule has 1 aliphatic rings. The molecule has 0 aliphatic carbocycles. The van der Waals surface area contributed by atoms with E-state index in [9.17, 15) is 18.0 Å². The highest BCUT2D eigenvalue weighted by atomic mass is 32.2. The molecule has 120 valence electrons. The standard InChI is InChI=1S/C14H19N3O4S/c1-14(8-12(18)17-9-14)13(19)16-7-6-10-2-4-11(5-3-10)22(15,20)21/h2-5H,6-9H2,1H3,(H,16,19)(H,17,18)(H2,15,20,21). The van der Waals surface area contributed by atoms with Crippen LogP contribution in [-0.4, -0.2) is 33.3 Å². The normalized spacial score (nSPS) is 21.5. The Morgan fingerprint density at radius 2 is 2.00 bits per heavy atom. The van der Waals surface area contributed by atoms with Gasteiger partial charge < -0.3 is 10.6 Å². The molecule has 1 unspecified atom stereocenters. The van der Waals surface area contributed by atoms with Gasteiger partial charge in [0.05, 0.1) is 10.3 Å². The molecular weight excluding hydrogens is 306 g/mol. The quantitative estimate of drug-likeness (QED) is 0.677. The van der Waals surface area contributed by atoms with Crippen LogP contribution >= 0.6 is 0 Å². The van der Waals surface area contributed by atoms with Crippen LogP contribution in [0.1, 0.15) is 18.9 Å². The predicted molar refractivity (Wildman–Crippen MR) is 80.3 cm³/mol. The maximum absolute atomic E-state index is 12.1. The van der Waals surface area contributed by atoms with Crippen LogP contribution in [0.15, 0.2) is 29.2 Å². The van der Waals surface area contributed by atoms with E-state index in [1.54, 1.807) is 19.1 Å². The first-order chi connectivity index (χ1) is 10.2. The monoisotopic (exact) mass is 325 g/mol. The lowest BCUT2D eigenvalue weighted by atomic mass is 9.88. The first kappa shape index (κ1) is 16.4. The maximum atomic E-state index is 12.1. The molecule has 1 heterocycles. The fraction of sp³-hybridized carbons (Fsp3) is 0.429. The van der Waals surface area contributed by atoms with E-state index < -0.39 is 15.4 Å². The maximum Gasteiger partial charge on any atom is 0.238 e. The number of nitrogens with two attached hydrogens (primary N) is 1. The van der Waals surface area contributed by atoms with Crippen LogP contribution in [0.4, 0.5) is 0 Å². The van der Waals surface area contributed by atoms with Crippen molar-refractivity contribution in [2.75, 3.05) is 13.1 Å². The van der Waals surface area contributed by atoms with Gasteiger partial charge in [0.2, 0.25) is 21.8 Å². The number of hydrogen-bond donors (Lipinski definition) is 3. The van der Waals surface area contributed by atoms with Gasteiger partial charge in [-0.25, -0.2) is 13.6 Å². The summed E-state index contributed by atoms with van der Waals surface area (Å²) in [5.41, 5.74) is 0.188. The minimum absolute atomic E-state index is 0.0586. The van der Waals surface area contributed by atoms with Gasteiger partial charge in [-0.05, 0) is 31.0 Å². The van der Waals surface area contributed by atoms with Crippen LogP contribution in [0.5, 0.6) is 0 Å². The van der Waals surface area contributed by atoms with Gasteiger partial charge in [0.25, 0.3) is 0 Å². The zero-order chi connectivity index (χ0) is 16.4. The molecule has 1 fully saturated rings. The van der Waals surface area contributed by atoms with Crippen molar-refractivity contribution in [1.29, 1.82) is 0 Å². The SMILES string of the molecule is CC1(C(=O)NCCc2ccc(S(N)(=O)=O)cc2)CNC(=O)C1. The zero-order valence-electron chi connectivity index (χ0n) is 12.3. The molecule has 7 nitrogen and oxygen atoms in total. The first-order valence-electron chi connectivity index (χ1n) is 6.87. The number of sulfonamides is 1. The molecule has 0 saturated carbocycles. The van der Waals surface area contributed by atoms with Crippen LogP contribution in [0.25, 0.3) is 0 Å². The summed E-state index contributed by atoms with van der Waals surface area (Å²) >= 11 is 0. The lowest BCUT2D eigenvalue weighted by Gasteiger charge is -2.20. The van der Waals surface area contributed by atoms with Crippen LogP contribution in [0.3, 0.4) is 0 Å². The number of rotatable bonds is 5. The smallest absolute Gasteiger partial charge is 0.238 e. The van der Waals surface area contributed by atoms with Crippen molar-refractivity contribution in [3.05, 3.63) is 29.8 Å². The Bertz CT molecular complexity index is 685. The summed E-state index contributed by atoms with van der Waals surface area (Å²) in [5, 5.41) is 10.5. The molecule has 0 spiro atoms. The van der Waals surface area contributed by atoms with Gasteiger partial charge in [-0.15, -0.1) is 0 Å². The molecule has 0 radical (unpaired) electrons. The Morgan fingerprint density at radius 3 is 2.50 bits per heavy atom. The topological polar surface area (TPSA) is 118 Å². The lowest BCUT2D eigenvalue weighted by Crippen LogP contribution is -2.41. The van der Waals surface area contributed by atoms with Crippen molar-refractivity contribution in [2.24, 2.45) is 10.6 Å². The van der Waals surface area contributed by atoms with Gasteiger partial charge in [-0.1, -0.05) is 12.1 Å². The molecule has 1 aliphatic heterocycles. The Hall–Kier alpha value is -1.93. The minimum atomic E-state index is -3.69. The van der Waals surface area contributed by atoms with Gasteiger partial charge in [0, 0.05) is 19.5 Å². The average Bonchev–Trinajstić information content (AvgIpc) is 2.79. The molecule has 0 aromatic heterocycles. The van der Waals surface area contributed by atoms with E-state index in [1.165, 1.54) is 12.1 Å². The largest absolute Gasteiger partial charge is 0.355 e. The molecule has 1 aromatic carbocycles. The van der Waals surface area contributed by atoms with E-state index in [0.29, 0.717) is 19.5 Å². The highest BCUT2D eigenvalue weighted by Gasteiger charge is 2.40. The van der Waals surface area contributed by atoms with Gasteiger partial charge in [-0.3, -0.25) is 9.59 Å². The van der Waals surface area contributed by atoms with E-state index in [4.69, 9.17) is 5.14 Å². The molecule has 8 heteroatoms. The second kappa shape index (κ2) is 6.05. The van der Waals surface area contributed by atoms with E-state index in [1.807, 2.05) is 0 Å². The molecule has 2 rings (SSSR count). The molecule has 1 aromatic rings. The second-order valence-electron chi connectivity index (χ2n) is 5.71. The molecule has 4 N–H and O–H groups in total. The van der Waals surface area contributed by atoms with E-state index >= 15 is 0 Å². The Labute approximate surface area is 129 Å². The first-order valence-corrected chi connectivity index (χ1v) is 8.42. The van der Waals surface area contributed by atoms with Crippen LogP contribution in [-0.2, 0) is 26.0 Å². The van der Waals surface area contributed by atoms with E-state index in [2.05, 4.69) is 10.6 Å². The zero-order valence-corrected chi connectivity index (χ0v) is 13.1. The molecule has 22 heavy (non-hydrogen) atoms. The summed E-state index contributed by atoms with van der Waals surface area (Å²) in [6.07, 6.45) is 0.760. The number of benzene rings is 1.